The van der Waals surface area contributed by atoms with Gasteiger partial charge in [0, 0.05) is 13.0 Å². The van der Waals surface area contributed by atoms with Crippen LogP contribution in [0.2, 0.25) is 0 Å². The lowest BCUT2D eigenvalue weighted by molar-refractivity contribution is 0.225. The van der Waals surface area contributed by atoms with E-state index < -0.39 is 0 Å². The molecule has 0 bridgehead atoms. The molecule has 0 spiro atoms. The third-order valence-electron chi connectivity index (χ3n) is 3.34. The zero-order valence-electron chi connectivity index (χ0n) is 12.1. The van der Waals surface area contributed by atoms with Crippen molar-refractivity contribution in [1.29, 1.82) is 0 Å². The lowest BCUT2D eigenvalue weighted by Gasteiger charge is -2.15. The van der Waals surface area contributed by atoms with Crippen molar-refractivity contribution < 1.29 is 9.84 Å². The largest absolute Gasteiger partial charge is 0.508 e. The van der Waals surface area contributed by atoms with Crippen LogP contribution in [-0.4, -0.2) is 18.8 Å². The van der Waals surface area contributed by atoms with Crippen LogP contribution in [0, 0.1) is 0 Å². The first-order valence-corrected chi connectivity index (χ1v) is 6.65. The second kappa shape index (κ2) is 7.80. The number of benzene rings is 1. The molecule has 1 N–H and O–H groups in total. The molecular formula is C17H24O2. The molecule has 0 fully saturated rings. The fourth-order valence-electron chi connectivity index (χ4n) is 2.01. The van der Waals surface area contributed by atoms with E-state index in [-0.39, 0.29) is 0 Å². The highest BCUT2D eigenvalue weighted by Crippen LogP contribution is 2.27. The summed E-state index contributed by atoms with van der Waals surface area (Å²) in [6, 6.07) is 7.36. The van der Waals surface area contributed by atoms with Crippen LogP contribution in [0.15, 0.2) is 48.1 Å². The SMILES string of the molecule is C=C(CCC=C(C)COC)C(C)c1ccc(O)cc1. The minimum absolute atomic E-state index is 0.305. The van der Waals surface area contributed by atoms with Crippen LogP contribution in [0.4, 0.5) is 0 Å². The van der Waals surface area contributed by atoms with E-state index in [4.69, 9.17) is 4.74 Å². The second-order valence-electron chi connectivity index (χ2n) is 4.99. The van der Waals surface area contributed by atoms with E-state index in [2.05, 4.69) is 26.5 Å². The summed E-state index contributed by atoms with van der Waals surface area (Å²) in [5.41, 5.74) is 3.67. The summed E-state index contributed by atoms with van der Waals surface area (Å²) in [7, 11) is 1.71. The first-order valence-electron chi connectivity index (χ1n) is 6.65. The Labute approximate surface area is 116 Å². The highest BCUT2D eigenvalue weighted by Gasteiger charge is 2.08. The summed E-state index contributed by atoms with van der Waals surface area (Å²) in [5, 5.41) is 9.29. The number of methoxy groups -OCH3 is 1. The van der Waals surface area contributed by atoms with E-state index in [1.54, 1.807) is 19.2 Å². The quantitative estimate of drug-likeness (QED) is 0.735. The van der Waals surface area contributed by atoms with Gasteiger partial charge >= 0.3 is 0 Å². The van der Waals surface area contributed by atoms with Crippen LogP contribution in [0.3, 0.4) is 0 Å². The molecule has 1 rings (SSSR count). The fraction of sp³-hybridized carbons (Fsp3) is 0.412. The van der Waals surface area contributed by atoms with Crippen molar-refractivity contribution in [3.63, 3.8) is 0 Å². The Kier molecular flexibility index (Phi) is 6.37. The first kappa shape index (κ1) is 15.5. The van der Waals surface area contributed by atoms with Gasteiger partial charge in [-0.1, -0.05) is 42.9 Å². The molecule has 0 saturated carbocycles. The van der Waals surface area contributed by atoms with E-state index in [1.165, 1.54) is 16.7 Å². The van der Waals surface area contributed by atoms with Gasteiger partial charge in [-0.3, -0.25) is 0 Å². The molecule has 19 heavy (non-hydrogen) atoms. The monoisotopic (exact) mass is 260 g/mol. The van der Waals surface area contributed by atoms with Crippen LogP contribution in [0.5, 0.6) is 5.75 Å². The predicted molar refractivity (Wildman–Crippen MR) is 80.5 cm³/mol. The van der Waals surface area contributed by atoms with E-state index >= 15 is 0 Å². The van der Waals surface area contributed by atoms with Crippen LogP contribution < -0.4 is 0 Å². The van der Waals surface area contributed by atoms with Crippen LogP contribution in [-0.2, 0) is 4.74 Å². The maximum atomic E-state index is 9.29. The second-order valence-corrected chi connectivity index (χ2v) is 4.99. The smallest absolute Gasteiger partial charge is 0.115 e. The molecule has 1 aromatic carbocycles. The summed E-state index contributed by atoms with van der Waals surface area (Å²) in [5.74, 6) is 0.622. The Hall–Kier alpha value is -1.54. The van der Waals surface area contributed by atoms with Crippen molar-refractivity contribution in [1.82, 2.24) is 0 Å². The molecule has 2 heteroatoms. The van der Waals surface area contributed by atoms with Gasteiger partial charge in [-0.25, -0.2) is 0 Å². The number of phenols is 1. The normalized spacial score (nSPS) is 13.3. The van der Waals surface area contributed by atoms with Gasteiger partial charge in [0.25, 0.3) is 0 Å². The fourth-order valence-corrected chi connectivity index (χ4v) is 2.01. The summed E-state index contributed by atoms with van der Waals surface area (Å²) in [6.07, 6.45) is 4.18. The average Bonchev–Trinajstić information content (AvgIpc) is 2.39. The molecule has 0 amide bonds. The van der Waals surface area contributed by atoms with Gasteiger partial charge < -0.3 is 9.84 Å². The van der Waals surface area contributed by atoms with Gasteiger partial charge in [0.1, 0.15) is 5.75 Å². The third kappa shape index (κ3) is 5.31. The minimum Gasteiger partial charge on any atom is -0.508 e. The number of rotatable bonds is 7. The molecule has 1 atom stereocenters. The van der Waals surface area contributed by atoms with Crippen molar-refractivity contribution in [3.05, 3.63) is 53.6 Å². The molecule has 0 aliphatic heterocycles. The highest BCUT2D eigenvalue weighted by atomic mass is 16.5. The maximum Gasteiger partial charge on any atom is 0.115 e. The minimum atomic E-state index is 0.305. The number of hydrogen-bond donors (Lipinski definition) is 1. The predicted octanol–water partition coefficient (Wildman–Crippen LogP) is 4.42. The zero-order valence-corrected chi connectivity index (χ0v) is 12.1. The molecule has 104 valence electrons. The number of ether oxygens (including phenoxy) is 1. The summed E-state index contributed by atoms with van der Waals surface area (Å²) < 4.78 is 5.07. The number of aromatic hydroxyl groups is 1. The van der Waals surface area contributed by atoms with E-state index in [0.717, 1.165) is 12.8 Å². The average molecular weight is 260 g/mol. The Balaban J connectivity index is 2.49. The number of phenolic OH excluding ortho intramolecular Hbond substituents is 1. The van der Waals surface area contributed by atoms with Crippen molar-refractivity contribution in [3.8, 4) is 5.75 Å². The van der Waals surface area contributed by atoms with Crippen LogP contribution >= 0.6 is 0 Å². The summed E-state index contributed by atoms with van der Waals surface area (Å²) in [6.45, 7) is 9.10. The summed E-state index contributed by atoms with van der Waals surface area (Å²) >= 11 is 0. The standard InChI is InChI=1S/C17H24O2/c1-13(12-19-4)6-5-7-14(2)15(3)16-8-10-17(18)11-9-16/h6,8-11,15,18H,2,5,7,12H2,1,3-4H3. The Morgan fingerprint density at radius 2 is 2.00 bits per heavy atom. The first-order chi connectivity index (χ1) is 9.04. The molecule has 0 aliphatic rings. The lowest BCUT2D eigenvalue weighted by Crippen LogP contribution is -1.97. The van der Waals surface area contributed by atoms with Crippen LogP contribution in [0.25, 0.3) is 0 Å². The van der Waals surface area contributed by atoms with Crippen molar-refractivity contribution in [2.45, 2.75) is 32.6 Å². The maximum absolute atomic E-state index is 9.29. The van der Waals surface area contributed by atoms with Gasteiger partial charge in [0.05, 0.1) is 6.61 Å². The summed E-state index contributed by atoms with van der Waals surface area (Å²) in [4.78, 5) is 0. The molecule has 0 heterocycles. The molecular weight excluding hydrogens is 236 g/mol. The number of hydrogen-bond acceptors (Lipinski definition) is 2. The molecule has 0 saturated heterocycles. The Bertz CT molecular complexity index is 429. The highest BCUT2D eigenvalue weighted by molar-refractivity contribution is 5.32. The van der Waals surface area contributed by atoms with Crippen LogP contribution in [0.1, 0.15) is 38.2 Å². The molecule has 0 radical (unpaired) electrons. The third-order valence-corrected chi connectivity index (χ3v) is 3.34. The van der Waals surface area contributed by atoms with Gasteiger partial charge in [0.15, 0.2) is 0 Å². The molecule has 0 aliphatic carbocycles. The van der Waals surface area contributed by atoms with Gasteiger partial charge in [-0.15, -0.1) is 0 Å². The van der Waals surface area contributed by atoms with Gasteiger partial charge in [0.2, 0.25) is 0 Å². The molecule has 1 aromatic rings. The lowest BCUT2D eigenvalue weighted by atomic mass is 9.91. The number of allylic oxidation sites excluding steroid dienone is 2. The molecule has 1 unspecified atom stereocenters. The van der Waals surface area contributed by atoms with E-state index in [9.17, 15) is 5.11 Å². The Morgan fingerprint density at radius 1 is 1.37 bits per heavy atom. The zero-order chi connectivity index (χ0) is 14.3. The molecule has 2 nitrogen and oxygen atoms in total. The Morgan fingerprint density at radius 3 is 2.58 bits per heavy atom. The van der Waals surface area contributed by atoms with E-state index in [0.29, 0.717) is 18.3 Å². The van der Waals surface area contributed by atoms with Gasteiger partial charge in [-0.2, -0.15) is 0 Å². The topological polar surface area (TPSA) is 29.5 Å². The van der Waals surface area contributed by atoms with Crippen molar-refractivity contribution in [2.75, 3.05) is 13.7 Å². The van der Waals surface area contributed by atoms with Gasteiger partial charge in [-0.05, 0) is 37.5 Å². The van der Waals surface area contributed by atoms with Crippen molar-refractivity contribution in [2.24, 2.45) is 0 Å². The molecule has 0 aromatic heterocycles. The van der Waals surface area contributed by atoms with Crippen molar-refractivity contribution >= 4 is 0 Å². The van der Waals surface area contributed by atoms with E-state index in [1.807, 2.05) is 12.1 Å².